The maximum absolute atomic E-state index is 14.5. The van der Waals surface area contributed by atoms with Crippen molar-refractivity contribution in [2.45, 2.75) is 44.7 Å². The monoisotopic (exact) mass is 561 g/mol. The molecule has 0 N–H and O–H groups in total. The fourth-order valence-corrected chi connectivity index (χ4v) is 7.57. The van der Waals surface area contributed by atoms with Crippen molar-refractivity contribution in [2.75, 3.05) is 5.75 Å². The van der Waals surface area contributed by atoms with Crippen molar-refractivity contribution in [3.05, 3.63) is 104 Å². The van der Waals surface area contributed by atoms with E-state index in [4.69, 9.17) is 4.98 Å². The number of fused-ring (bicyclic) bond motifs is 3. The molecule has 9 heteroatoms. The molecule has 2 aromatic carbocycles. The number of para-hydroxylation sites is 1. The molecule has 6 rings (SSSR count). The third-order valence-corrected chi connectivity index (χ3v) is 9.31. The molecule has 0 radical (unpaired) electrons. The number of carbonyl (C=O) groups is 1. The molecule has 0 aliphatic heterocycles. The van der Waals surface area contributed by atoms with Crippen LogP contribution in [0.3, 0.4) is 0 Å². The number of aryl methyl sites for hydroxylation is 3. The molecule has 0 atom stereocenters. The van der Waals surface area contributed by atoms with Crippen molar-refractivity contribution >= 4 is 39.1 Å². The van der Waals surface area contributed by atoms with E-state index in [0.29, 0.717) is 38.0 Å². The second kappa shape index (κ2) is 10.2. The van der Waals surface area contributed by atoms with E-state index in [9.17, 15) is 18.4 Å². The lowest BCUT2D eigenvalue weighted by molar-refractivity contribution is 0.102. The van der Waals surface area contributed by atoms with Gasteiger partial charge in [0.25, 0.3) is 5.56 Å². The number of thioether (sulfide) groups is 1. The third-order valence-electron chi connectivity index (χ3n) is 7.19. The molecular weight excluding hydrogens is 536 g/mol. The van der Waals surface area contributed by atoms with Crippen molar-refractivity contribution in [2.24, 2.45) is 0 Å². The molecule has 0 saturated carbocycles. The van der Waals surface area contributed by atoms with Gasteiger partial charge in [0.1, 0.15) is 16.5 Å². The van der Waals surface area contributed by atoms with Crippen molar-refractivity contribution in [3.63, 3.8) is 0 Å². The first-order valence-electron chi connectivity index (χ1n) is 12.8. The van der Waals surface area contributed by atoms with Gasteiger partial charge in [0.05, 0.1) is 22.5 Å². The lowest BCUT2D eigenvalue weighted by Gasteiger charge is -2.13. The van der Waals surface area contributed by atoms with E-state index in [0.717, 1.165) is 49.4 Å². The van der Waals surface area contributed by atoms with Gasteiger partial charge in [-0.15, -0.1) is 11.3 Å². The third kappa shape index (κ3) is 4.53. The SMILES string of the molecule is Cc1cc(C(=O)CSc2nc3sc4c(c3c(=O)n2-c2ccccc2)CCCC4)c(C)n1-c1cc(F)ccc1F. The normalized spacial score (nSPS) is 13.1. The molecule has 0 saturated heterocycles. The Hall–Kier alpha value is -3.56. The summed E-state index contributed by atoms with van der Waals surface area (Å²) in [5.41, 5.74) is 3.33. The maximum atomic E-state index is 14.5. The van der Waals surface area contributed by atoms with Crippen LogP contribution in [0.1, 0.15) is 45.0 Å². The fourth-order valence-electron chi connectivity index (χ4n) is 5.37. The second-order valence-electron chi connectivity index (χ2n) is 9.69. The first-order valence-corrected chi connectivity index (χ1v) is 14.6. The van der Waals surface area contributed by atoms with Crippen LogP contribution in [0.5, 0.6) is 0 Å². The van der Waals surface area contributed by atoms with Crippen LogP contribution in [0.4, 0.5) is 8.78 Å². The zero-order chi connectivity index (χ0) is 27.3. The summed E-state index contributed by atoms with van der Waals surface area (Å²) in [7, 11) is 0. The Morgan fingerprint density at radius 2 is 1.79 bits per heavy atom. The molecular formula is C30H25F2N3O2S2. The number of halogens is 2. The molecule has 0 unspecified atom stereocenters. The summed E-state index contributed by atoms with van der Waals surface area (Å²) in [4.78, 5) is 34.1. The van der Waals surface area contributed by atoms with Gasteiger partial charge in [0.2, 0.25) is 0 Å². The predicted octanol–water partition coefficient (Wildman–Crippen LogP) is 6.99. The Kier molecular flexibility index (Phi) is 6.72. The van der Waals surface area contributed by atoms with Gasteiger partial charge in [-0.25, -0.2) is 13.8 Å². The van der Waals surface area contributed by atoms with Gasteiger partial charge in [-0.2, -0.15) is 0 Å². The summed E-state index contributed by atoms with van der Waals surface area (Å²) >= 11 is 2.79. The van der Waals surface area contributed by atoms with Gasteiger partial charge in [-0.1, -0.05) is 30.0 Å². The van der Waals surface area contributed by atoms with Crippen LogP contribution >= 0.6 is 23.1 Å². The largest absolute Gasteiger partial charge is 0.315 e. The van der Waals surface area contributed by atoms with Crippen molar-refractivity contribution in [3.8, 4) is 11.4 Å². The van der Waals surface area contributed by atoms with E-state index < -0.39 is 11.6 Å². The minimum Gasteiger partial charge on any atom is -0.315 e. The highest BCUT2D eigenvalue weighted by Crippen LogP contribution is 2.35. The number of ketones is 1. The number of Topliss-reactive ketones (excluding diaryl/α,β-unsaturated/α-hetero) is 1. The molecule has 1 aliphatic carbocycles. The molecule has 0 bridgehead atoms. The van der Waals surface area contributed by atoms with Gasteiger partial charge < -0.3 is 4.57 Å². The molecule has 0 spiro atoms. The number of carbonyl (C=O) groups excluding carboxylic acids is 1. The summed E-state index contributed by atoms with van der Waals surface area (Å²) in [5, 5.41) is 1.14. The van der Waals surface area contributed by atoms with Crippen molar-refractivity contribution in [1.29, 1.82) is 0 Å². The van der Waals surface area contributed by atoms with Crippen molar-refractivity contribution in [1.82, 2.24) is 14.1 Å². The van der Waals surface area contributed by atoms with Gasteiger partial charge >= 0.3 is 0 Å². The molecule has 198 valence electrons. The van der Waals surface area contributed by atoms with E-state index in [2.05, 4.69) is 0 Å². The standard InChI is InChI=1S/C30H25F2N3O2S2/c1-17-14-22(18(2)34(17)24-15-19(31)12-13-23(24)32)25(36)16-38-30-33-28-27(21-10-6-7-11-26(21)39-28)29(37)35(30)20-8-4-3-5-9-20/h3-5,8-9,12-15H,6-7,10-11,16H2,1-2H3. The first kappa shape index (κ1) is 25.7. The van der Waals surface area contributed by atoms with Gasteiger partial charge in [-0.05, 0) is 75.4 Å². The quantitative estimate of drug-likeness (QED) is 0.127. The number of benzene rings is 2. The molecule has 1 aliphatic rings. The lowest BCUT2D eigenvalue weighted by atomic mass is 9.97. The molecule has 0 amide bonds. The summed E-state index contributed by atoms with van der Waals surface area (Å²) in [6, 6.07) is 14.3. The molecule has 5 aromatic rings. The highest BCUT2D eigenvalue weighted by Gasteiger charge is 2.24. The van der Waals surface area contributed by atoms with Crippen LogP contribution in [0.2, 0.25) is 0 Å². The fraction of sp³-hybridized carbons (Fsp3) is 0.233. The number of hydrogen-bond donors (Lipinski definition) is 0. The number of thiophene rings is 1. The number of hydrogen-bond acceptors (Lipinski definition) is 5. The van der Waals surface area contributed by atoms with Crippen molar-refractivity contribution < 1.29 is 13.6 Å². The van der Waals surface area contributed by atoms with E-state index in [1.807, 2.05) is 30.3 Å². The predicted molar refractivity (Wildman–Crippen MR) is 152 cm³/mol. The average Bonchev–Trinajstić information content (AvgIpc) is 3.45. The smallest absolute Gasteiger partial charge is 0.267 e. The highest BCUT2D eigenvalue weighted by molar-refractivity contribution is 7.99. The maximum Gasteiger partial charge on any atom is 0.267 e. The van der Waals surface area contributed by atoms with E-state index >= 15 is 0 Å². The summed E-state index contributed by atoms with van der Waals surface area (Å²) in [6.45, 7) is 3.47. The van der Waals surface area contributed by atoms with E-state index in [1.165, 1.54) is 16.6 Å². The Morgan fingerprint density at radius 1 is 1.03 bits per heavy atom. The second-order valence-corrected chi connectivity index (χ2v) is 11.7. The number of aromatic nitrogens is 3. The Morgan fingerprint density at radius 3 is 2.59 bits per heavy atom. The zero-order valence-electron chi connectivity index (χ0n) is 21.5. The van der Waals surface area contributed by atoms with E-state index in [1.54, 1.807) is 40.4 Å². The zero-order valence-corrected chi connectivity index (χ0v) is 23.1. The van der Waals surface area contributed by atoms with Crippen LogP contribution < -0.4 is 5.56 Å². The Balaban J connectivity index is 1.38. The Labute approximate surface area is 232 Å². The topological polar surface area (TPSA) is 56.9 Å². The lowest BCUT2D eigenvalue weighted by Crippen LogP contribution is -2.22. The average molecular weight is 562 g/mol. The summed E-state index contributed by atoms with van der Waals surface area (Å²) in [6.07, 6.45) is 4.02. The Bertz CT molecular complexity index is 1810. The number of rotatable bonds is 6. The van der Waals surface area contributed by atoms with Crippen LogP contribution in [0, 0.1) is 25.5 Å². The van der Waals surface area contributed by atoms with Gasteiger partial charge in [0, 0.05) is 27.9 Å². The number of nitrogens with zero attached hydrogens (tertiary/aromatic N) is 3. The molecule has 39 heavy (non-hydrogen) atoms. The highest BCUT2D eigenvalue weighted by atomic mass is 32.2. The molecule has 3 aromatic heterocycles. The molecule has 3 heterocycles. The minimum atomic E-state index is -0.574. The summed E-state index contributed by atoms with van der Waals surface area (Å²) in [5.74, 6) is -1.28. The van der Waals surface area contributed by atoms with Crippen LogP contribution in [0.15, 0.2) is 64.5 Å². The van der Waals surface area contributed by atoms with Gasteiger partial charge in [0.15, 0.2) is 10.9 Å². The van der Waals surface area contributed by atoms with E-state index in [-0.39, 0.29) is 22.8 Å². The van der Waals surface area contributed by atoms with Gasteiger partial charge in [-0.3, -0.25) is 14.2 Å². The van der Waals surface area contributed by atoms with Crippen LogP contribution in [-0.2, 0) is 12.8 Å². The van der Waals surface area contributed by atoms with Crippen LogP contribution in [0.25, 0.3) is 21.6 Å². The minimum absolute atomic E-state index is 0.0335. The first-order chi connectivity index (χ1) is 18.8. The molecule has 0 fully saturated rings. The summed E-state index contributed by atoms with van der Waals surface area (Å²) < 4.78 is 31.6. The molecule has 5 nitrogen and oxygen atoms in total. The van der Waals surface area contributed by atoms with Crippen LogP contribution in [-0.4, -0.2) is 25.7 Å².